The molecule has 150 valence electrons. The Kier molecular flexibility index (Phi) is 5.19. The third-order valence-electron chi connectivity index (χ3n) is 5.20. The van der Waals surface area contributed by atoms with Crippen LogP contribution >= 0.6 is 11.3 Å². The number of hydrogen-bond donors (Lipinski definition) is 1. The van der Waals surface area contributed by atoms with E-state index in [0.29, 0.717) is 27.4 Å². The predicted molar refractivity (Wildman–Crippen MR) is 111 cm³/mol. The first-order valence-corrected chi connectivity index (χ1v) is 10.3. The normalized spacial score (nSPS) is 15.7. The van der Waals surface area contributed by atoms with Gasteiger partial charge in [0.05, 0.1) is 29.9 Å². The van der Waals surface area contributed by atoms with Crippen molar-refractivity contribution in [2.45, 2.75) is 32.7 Å². The topological polar surface area (TPSA) is 90.3 Å². The maximum Gasteiger partial charge on any atom is 0.341 e. The van der Waals surface area contributed by atoms with Crippen LogP contribution in [0.5, 0.6) is 0 Å². The SMILES string of the molecule is COC(=O)c1c(NC(=O)Cn2cnc3ccccc3c2=O)sc2c1CCC(C)C2. The van der Waals surface area contributed by atoms with Crippen molar-refractivity contribution in [3.05, 3.63) is 57.0 Å². The number of carbonyl (C=O) groups is 2. The van der Waals surface area contributed by atoms with Crippen molar-refractivity contribution in [2.75, 3.05) is 12.4 Å². The standard InChI is InChI=1S/C21H21N3O4S/c1-12-7-8-14-16(9-12)29-19(18(14)21(27)28-2)23-17(25)10-24-11-22-15-6-4-3-5-13(15)20(24)26/h3-6,11-12H,7-10H2,1-2H3,(H,23,25). The molecule has 4 rings (SSSR count). The molecule has 29 heavy (non-hydrogen) atoms. The van der Waals surface area contributed by atoms with Crippen LogP contribution in [-0.2, 0) is 28.9 Å². The molecule has 1 aliphatic rings. The fourth-order valence-corrected chi connectivity index (χ4v) is 5.11. The van der Waals surface area contributed by atoms with E-state index in [9.17, 15) is 14.4 Å². The Bertz CT molecular complexity index is 1160. The Hall–Kier alpha value is -3.00. The van der Waals surface area contributed by atoms with Gasteiger partial charge in [-0.05, 0) is 42.9 Å². The lowest BCUT2D eigenvalue weighted by Crippen LogP contribution is -2.28. The third kappa shape index (κ3) is 3.67. The first kappa shape index (κ1) is 19.3. The average Bonchev–Trinajstić information content (AvgIpc) is 3.06. The minimum Gasteiger partial charge on any atom is -0.465 e. The second-order valence-electron chi connectivity index (χ2n) is 7.29. The molecule has 0 aliphatic heterocycles. The van der Waals surface area contributed by atoms with Crippen LogP contribution in [0, 0.1) is 5.92 Å². The third-order valence-corrected chi connectivity index (χ3v) is 6.37. The number of esters is 1. The van der Waals surface area contributed by atoms with E-state index in [1.807, 2.05) is 0 Å². The largest absolute Gasteiger partial charge is 0.465 e. The van der Waals surface area contributed by atoms with Gasteiger partial charge in [0.1, 0.15) is 11.5 Å². The molecule has 3 aromatic rings. The second-order valence-corrected chi connectivity index (χ2v) is 8.40. The molecule has 1 N–H and O–H groups in total. The number of fused-ring (bicyclic) bond motifs is 2. The van der Waals surface area contributed by atoms with E-state index in [4.69, 9.17) is 4.74 Å². The molecule has 0 bridgehead atoms. The van der Waals surface area contributed by atoms with Crippen molar-refractivity contribution >= 4 is 39.1 Å². The highest BCUT2D eigenvalue weighted by atomic mass is 32.1. The predicted octanol–water partition coefficient (Wildman–Crippen LogP) is 3.01. The van der Waals surface area contributed by atoms with E-state index in [1.54, 1.807) is 24.3 Å². The molecule has 2 heterocycles. The molecule has 1 aromatic carbocycles. The fourth-order valence-electron chi connectivity index (χ4n) is 3.70. The summed E-state index contributed by atoms with van der Waals surface area (Å²) >= 11 is 1.42. The fraction of sp³-hybridized carbons (Fsp3) is 0.333. The molecule has 0 radical (unpaired) electrons. The summed E-state index contributed by atoms with van der Waals surface area (Å²) in [7, 11) is 1.34. The number of aromatic nitrogens is 2. The molecule has 8 heteroatoms. The van der Waals surface area contributed by atoms with Crippen LogP contribution in [0.2, 0.25) is 0 Å². The van der Waals surface area contributed by atoms with Crippen LogP contribution < -0.4 is 10.9 Å². The van der Waals surface area contributed by atoms with E-state index in [0.717, 1.165) is 29.7 Å². The number of para-hydroxylation sites is 1. The van der Waals surface area contributed by atoms with Crippen molar-refractivity contribution in [3.63, 3.8) is 0 Å². The molecule has 1 unspecified atom stereocenters. The maximum absolute atomic E-state index is 12.7. The van der Waals surface area contributed by atoms with Crippen molar-refractivity contribution in [1.82, 2.24) is 9.55 Å². The summed E-state index contributed by atoms with van der Waals surface area (Å²) in [5.41, 5.74) is 1.72. The summed E-state index contributed by atoms with van der Waals surface area (Å²) in [6, 6.07) is 7.00. The minimum atomic E-state index is -0.447. The van der Waals surface area contributed by atoms with Gasteiger partial charge in [0.15, 0.2) is 0 Å². The number of thiophene rings is 1. The van der Waals surface area contributed by atoms with Crippen molar-refractivity contribution in [1.29, 1.82) is 0 Å². The quantitative estimate of drug-likeness (QED) is 0.667. The number of hydrogen-bond acceptors (Lipinski definition) is 6. The zero-order chi connectivity index (χ0) is 20.5. The molecule has 0 saturated carbocycles. The van der Waals surface area contributed by atoms with Gasteiger partial charge in [-0.15, -0.1) is 11.3 Å². The molecule has 0 saturated heterocycles. The summed E-state index contributed by atoms with van der Waals surface area (Å²) in [4.78, 5) is 43.0. The van der Waals surface area contributed by atoms with E-state index < -0.39 is 5.97 Å². The lowest BCUT2D eigenvalue weighted by atomic mass is 9.88. The number of nitrogens with one attached hydrogen (secondary N) is 1. The van der Waals surface area contributed by atoms with Crippen LogP contribution in [0.3, 0.4) is 0 Å². The Balaban J connectivity index is 1.61. The molecule has 1 amide bonds. The first-order chi connectivity index (χ1) is 14.0. The van der Waals surface area contributed by atoms with Gasteiger partial charge < -0.3 is 10.1 Å². The molecule has 1 atom stereocenters. The molecular formula is C21H21N3O4S. The van der Waals surface area contributed by atoms with Crippen molar-refractivity contribution in [3.8, 4) is 0 Å². The first-order valence-electron chi connectivity index (χ1n) is 9.44. The van der Waals surface area contributed by atoms with E-state index >= 15 is 0 Å². The summed E-state index contributed by atoms with van der Waals surface area (Å²) < 4.78 is 6.22. The van der Waals surface area contributed by atoms with Gasteiger partial charge in [0.2, 0.25) is 5.91 Å². The van der Waals surface area contributed by atoms with Crippen molar-refractivity contribution < 1.29 is 14.3 Å². The van der Waals surface area contributed by atoms with E-state index in [2.05, 4.69) is 17.2 Å². The maximum atomic E-state index is 12.7. The number of carbonyl (C=O) groups excluding carboxylic acids is 2. The van der Waals surface area contributed by atoms with Gasteiger partial charge in [-0.1, -0.05) is 19.1 Å². The zero-order valence-electron chi connectivity index (χ0n) is 16.2. The van der Waals surface area contributed by atoms with Crippen molar-refractivity contribution in [2.24, 2.45) is 5.92 Å². The van der Waals surface area contributed by atoms with Gasteiger partial charge >= 0.3 is 5.97 Å². The summed E-state index contributed by atoms with van der Waals surface area (Å²) in [6.45, 7) is 1.99. The monoisotopic (exact) mass is 411 g/mol. The Morgan fingerprint density at radius 1 is 1.34 bits per heavy atom. The second kappa shape index (κ2) is 7.79. The number of benzene rings is 1. The molecule has 7 nitrogen and oxygen atoms in total. The number of nitrogens with zero attached hydrogens (tertiary/aromatic N) is 2. The lowest BCUT2D eigenvalue weighted by molar-refractivity contribution is -0.116. The summed E-state index contributed by atoms with van der Waals surface area (Å²) in [5.74, 6) is -0.296. The van der Waals surface area contributed by atoms with Gasteiger partial charge in [-0.2, -0.15) is 0 Å². The highest BCUT2D eigenvalue weighted by Crippen LogP contribution is 2.40. The van der Waals surface area contributed by atoms with Crippen LogP contribution in [0.15, 0.2) is 35.4 Å². The molecule has 0 spiro atoms. The van der Waals surface area contributed by atoms with Crippen LogP contribution in [0.1, 0.15) is 34.1 Å². The number of methoxy groups -OCH3 is 1. The highest BCUT2D eigenvalue weighted by Gasteiger charge is 2.28. The Morgan fingerprint density at radius 3 is 2.93 bits per heavy atom. The number of ether oxygens (including phenoxy) is 1. The van der Waals surface area contributed by atoms with Crippen LogP contribution in [0.25, 0.3) is 10.9 Å². The molecule has 2 aromatic heterocycles. The number of rotatable bonds is 4. The van der Waals surface area contributed by atoms with Crippen LogP contribution in [-0.4, -0.2) is 28.5 Å². The molecule has 1 aliphatic carbocycles. The number of amides is 1. The van der Waals surface area contributed by atoms with Gasteiger partial charge in [-0.25, -0.2) is 9.78 Å². The Labute approximate surface area is 171 Å². The summed E-state index contributed by atoms with van der Waals surface area (Å²) in [6.07, 6.45) is 4.04. The van der Waals surface area contributed by atoms with Gasteiger partial charge in [-0.3, -0.25) is 14.2 Å². The van der Waals surface area contributed by atoms with Gasteiger partial charge in [0, 0.05) is 4.88 Å². The number of anilines is 1. The highest BCUT2D eigenvalue weighted by molar-refractivity contribution is 7.17. The smallest absolute Gasteiger partial charge is 0.341 e. The molecular weight excluding hydrogens is 390 g/mol. The summed E-state index contributed by atoms with van der Waals surface area (Å²) in [5, 5.41) is 3.76. The van der Waals surface area contributed by atoms with E-state index in [1.165, 1.54) is 29.3 Å². The zero-order valence-corrected chi connectivity index (χ0v) is 17.0. The minimum absolute atomic E-state index is 0.184. The molecule has 0 fully saturated rings. The lowest BCUT2D eigenvalue weighted by Gasteiger charge is -2.18. The Morgan fingerprint density at radius 2 is 2.14 bits per heavy atom. The van der Waals surface area contributed by atoms with Gasteiger partial charge in [0.25, 0.3) is 5.56 Å². The van der Waals surface area contributed by atoms with E-state index in [-0.39, 0.29) is 18.0 Å². The average molecular weight is 411 g/mol. The van der Waals surface area contributed by atoms with Crippen LogP contribution in [0.4, 0.5) is 5.00 Å².